The lowest BCUT2D eigenvalue weighted by Crippen LogP contribution is -2.20. The van der Waals surface area contributed by atoms with E-state index in [2.05, 4.69) is 15.6 Å². The van der Waals surface area contributed by atoms with Gasteiger partial charge in [-0.05, 0) is 55.6 Å². The first kappa shape index (κ1) is 22.5. The Balaban J connectivity index is 2.14. The third kappa shape index (κ3) is 6.66. The van der Waals surface area contributed by atoms with Crippen LogP contribution in [0.3, 0.4) is 0 Å². The fourth-order valence-corrected chi connectivity index (χ4v) is 2.44. The molecule has 0 bridgehead atoms. The van der Waals surface area contributed by atoms with E-state index in [1.54, 1.807) is 68.8 Å². The van der Waals surface area contributed by atoms with E-state index in [1.807, 2.05) is 0 Å². The molecule has 0 saturated carbocycles. The molecule has 0 fully saturated rings. The molecule has 0 spiro atoms. The molecule has 0 amide bonds. The van der Waals surface area contributed by atoms with Gasteiger partial charge in [-0.1, -0.05) is 6.07 Å². The molecular weight excluding hydrogens is 386 g/mol. The fourth-order valence-electron chi connectivity index (χ4n) is 2.44. The summed E-state index contributed by atoms with van der Waals surface area (Å²) in [5.41, 5.74) is 1.43. The van der Waals surface area contributed by atoms with E-state index < -0.39 is 17.9 Å². The van der Waals surface area contributed by atoms with Crippen molar-refractivity contribution in [2.45, 2.75) is 12.8 Å². The molecule has 0 aliphatic heterocycles. The summed E-state index contributed by atoms with van der Waals surface area (Å²) in [6, 6.07) is 12.5. The number of aromatic nitrogens is 1. The number of carbonyl (C=O) groups excluding carboxylic acids is 2. The molecule has 1 aromatic carbocycles. The Morgan fingerprint density at radius 2 is 1.90 bits per heavy atom. The van der Waals surface area contributed by atoms with Crippen molar-refractivity contribution in [1.82, 2.24) is 10.3 Å². The van der Waals surface area contributed by atoms with Crippen LogP contribution in [-0.4, -0.2) is 37.7 Å². The van der Waals surface area contributed by atoms with E-state index in [-0.39, 0.29) is 12.3 Å². The Hall–Kier alpha value is -3.81. The van der Waals surface area contributed by atoms with Gasteiger partial charge < -0.3 is 24.8 Å². The van der Waals surface area contributed by atoms with Crippen molar-refractivity contribution in [3.05, 3.63) is 78.5 Å². The fraction of sp³-hybridized carbons (Fsp3) is 0.227. The van der Waals surface area contributed by atoms with Gasteiger partial charge in [-0.2, -0.15) is 0 Å². The first-order chi connectivity index (χ1) is 14.6. The van der Waals surface area contributed by atoms with Crippen molar-refractivity contribution in [3.8, 4) is 5.75 Å². The van der Waals surface area contributed by atoms with Crippen molar-refractivity contribution in [2.24, 2.45) is 0 Å². The number of ether oxygens (including phenoxy) is 3. The summed E-state index contributed by atoms with van der Waals surface area (Å²) in [6.07, 6.45) is 6.12. The van der Waals surface area contributed by atoms with Gasteiger partial charge in [0.2, 0.25) is 0 Å². The highest BCUT2D eigenvalue weighted by Crippen LogP contribution is 2.17. The Morgan fingerprint density at radius 1 is 1.13 bits per heavy atom. The van der Waals surface area contributed by atoms with E-state index in [9.17, 15) is 9.59 Å². The van der Waals surface area contributed by atoms with Gasteiger partial charge in [0, 0.05) is 18.1 Å². The van der Waals surface area contributed by atoms with E-state index in [1.165, 1.54) is 19.5 Å². The zero-order valence-electron chi connectivity index (χ0n) is 17.1. The van der Waals surface area contributed by atoms with Gasteiger partial charge in [-0.15, -0.1) is 0 Å². The first-order valence-corrected chi connectivity index (χ1v) is 9.28. The number of esters is 2. The van der Waals surface area contributed by atoms with Crippen LogP contribution < -0.4 is 15.4 Å². The molecule has 2 aromatic rings. The second-order valence-electron chi connectivity index (χ2n) is 5.91. The van der Waals surface area contributed by atoms with Crippen LogP contribution in [0, 0.1) is 0 Å². The molecule has 1 aromatic heterocycles. The van der Waals surface area contributed by atoms with Crippen molar-refractivity contribution in [3.63, 3.8) is 0 Å². The molecule has 0 aliphatic carbocycles. The maximum Gasteiger partial charge on any atom is 0.355 e. The summed E-state index contributed by atoms with van der Waals surface area (Å²) in [6.45, 7) is 1.99. The SMILES string of the molecule is CCOC(=O)C(/C=C\N/C(=C/Nc1ccc(OC)cc1)C(=O)OC)c1ccccn1. The van der Waals surface area contributed by atoms with Gasteiger partial charge in [0.05, 0.1) is 26.5 Å². The van der Waals surface area contributed by atoms with E-state index in [0.717, 1.165) is 11.4 Å². The van der Waals surface area contributed by atoms with Crippen molar-refractivity contribution < 1.29 is 23.8 Å². The lowest BCUT2D eigenvalue weighted by Gasteiger charge is -2.12. The van der Waals surface area contributed by atoms with Crippen LogP contribution >= 0.6 is 0 Å². The predicted molar refractivity (Wildman–Crippen MR) is 113 cm³/mol. The third-order valence-electron chi connectivity index (χ3n) is 3.95. The second-order valence-corrected chi connectivity index (χ2v) is 5.91. The monoisotopic (exact) mass is 411 g/mol. The quantitative estimate of drug-likeness (QED) is 0.455. The number of pyridine rings is 1. The molecule has 8 nitrogen and oxygen atoms in total. The van der Waals surface area contributed by atoms with Crippen LogP contribution in [0.5, 0.6) is 5.75 Å². The standard InChI is InChI=1S/C22H25N3O5/c1-4-30-21(26)18(19-7-5-6-13-23-19)12-14-24-20(22(27)29-3)15-25-16-8-10-17(28-2)11-9-16/h5-15,18,24-25H,4H2,1-3H3/b14-12-,20-15+. The molecule has 30 heavy (non-hydrogen) atoms. The number of methoxy groups -OCH3 is 2. The number of nitrogens with one attached hydrogen (secondary N) is 2. The predicted octanol–water partition coefficient (Wildman–Crippen LogP) is 2.97. The maximum absolute atomic E-state index is 12.3. The molecule has 1 atom stereocenters. The van der Waals surface area contributed by atoms with Crippen molar-refractivity contribution in [2.75, 3.05) is 26.1 Å². The summed E-state index contributed by atoms with van der Waals surface area (Å²) in [4.78, 5) is 28.6. The van der Waals surface area contributed by atoms with E-state index in [0.29, 0.717) is 5.69 Å². The number of anilines is 1. The Morgan fingerprint density at radius 3 is 2.50 bits per heavy atom. The maximum atomic E-state index is 12.3. The molecule has 0 aliphatic rings. The molecule has 1 unspecified atom stereocenters. The van der Waals surface area contributed by atoms with Gasteiger partial charge in [-0.25, -0.2) is 4.79 Å². The Bertz CT molecular complexity index is 879. The Labute approximate surface area is 175 Å². The first-order valence-electron chi connectivity index (χ1n) is 9.28. The zero-order chi connectivity index (χ0) is 21.8. The normalized spacial score (nSPS) is 12.2. The minimum atomic E-state index is -0.716. The topological polar surface area (TPSA) is 98.8 Å². The number of hydrogen-bond acceptors (Lipinski definition) is 8. The summed E-state index contributed by atoms with van der Waals surface area (Å²) < 4.78 is 15.0. The smallest absolute Gasteiger partial charge is 0.355 e. The lowest BCUT2D eigenvalue weighted by atomic mass is 10.1. The third-order valence-corrected chi connectivity index (χ3v) is 3.95. The highest BCUT2D eigenvalue weighted by molar-refractivity contribution is 5.88. The van der Waals surface area contributed by atoms with Crippen LogP contribution in [0.2, 0.25) is 0 Å². The summed E-state index contributed by atoms with van der Waals surface area (Å²) in [5.74, 6) is -1.01. The number of hydrogen-bond donors (Lipinski definition) is 2. The van der Waals surface area contributed by atoms with Gasteiger partial charge in [0.1, 0.15) is 17.4 Å². The lowest BCUT2D eigenvalue weighted by molar-refractivity contribution is -0.143. The summed E-state index contributed by atoms with van der Waals surface area (Å²) in [7, 11) is 2.87. The molecule has 0 saturated heterocycles. The molecule has 2 rings (SSSR count). The average Bonchev–Trinajstić information content (AvgIpc) is 2.79. The molecule has 0 radical (unpaired) electrons. The van der Waals surface area contributed by atoms with Crippen LogP contribution in [-0.2, 0) is 19.1 Å². The van der Waals surface area contributed by atoms with E-state index in [4.69, 9.17) is 14.2 Å². The minimum Gasteiger partial charge on any atom is -0.497 e. The number of carbonyl (C=O) groups is 2. The largest absolute Gasteiger partial charge is 0.497 e. The molecule has 1 heterocycles. The van der Waals surface area contributed by atoms with Gasteiger partial charge in [-0.3, -0.25) is 9.78 Å². The number of nitrogens with zero attached hydrogens (tertiary/aromatic N) is 1. The summed E-state index contributed by atoms with van der Waals surface area (Å²) >= 11 is 0. The highest BCUT2D eigenvalue weighted by Gasteiger charge is 2.20. The molecule has 158 valence electrons. The molecule has 8 heteroatoms. The van der Waals surface area contributed by atoms with Crippen LogP contribution in [0.1, 0.15) is 18.5 Å². The number of benzene rings is 1. The van der Waals surface area contributed by atoms with Crippen molar-refractivity contribution in [1.29, 1.82) is 0 Å². The minimum absolute atomic E-state index is 0.146. The average molecular weight is 411 g/mol. The van der Waals surface area contributed by atoms with Gasteiger partial charge in [0.15, 0.2) is 0 Å². The van der Waals surface area contributed by atoms with Gasteiger partial charge >= 0.3 is 11.9 Å². The second kappa shape index (κ2) is 11.9. The molecular formula is C22H25N3O5. The van der Waals surface area contributed by atoms with Crippen molar-refractivity contribution >= 4 is 17.6 Å². The highest BCUT2D eigenvalue weighted by atomic mass is 16.5. The zero-order valence-corrected chi connectivity index (χ0v) is 17.1. The summed E-state index contributed by atoms with van der Waals surface area (Å²) in [5, 5.41) is 5.85. The van der Waals surface area contributed by atoms with Crippen LogP contribution in [0.15, 0.2) is 72.8 Å². The van der Waals surface area contributed by atoms with E-state index >= 15 is 0 Å². The number of rotatable bonds is 10. The van der Waals surface area contributed by atoms with Crippen LogP contribution in [0.25, 0.3) is 0 Å². The van der Waals surface area contributed by atoms with Crippen LogP contribution in [0.4, 0.5) is 5.69 Å². The Kier molecular flexibility index (Phi) is 8.92. The van der Waals surface area contributed by atoms with Gasteiger partial charge in [0.25, 0.3) is 0 Å². The molecule has 2 N–H and O–H groups in total.